The van der Waals surface area contributed by atoms with E-state index >= 15 is 0 Å². The molecule has 0 amide bonds. The molecule has 1 spiro atoms. The maximum Gasteiger partial charge on any atom is 0.307 e. The van der Waals surface area contributed by atoms with Gasteiger partial charge in [-0.15, -0.1) is 0 Å². The highest BCUT2D eigenvalue weighted by Gasteiger charge is 2.50. The maximum absolute atomic E-state index is 13.3. The molecule has 0 aliphatic heterocycles. The van der Waals surface area contributed by atoms with Gasteiger partial charge < -0.3 is 21.1 Å². The molecule has 7 rings (SSSR count). The number of carboxylic acids is 1. The average Bonchev–Trinajstić information content (AvgIpc) is 3.62. The Bertz CT molecular complexity index is 1910. The molecule has 0 unspecified atom stereocenters. The summed E-state index contributed by atoms with van der Waals surface area (Å²) >= 11 is 0. The van der Waals surface area contributed by atoms with Crippen molar-refractivity contribution in [2.45, 2.75) is 108 Å². The Hall–Kier alpha value is -4.09. The van der Waals surface area contributed by atoms with E-state index < -0.39 is 17.3 Å². The van der Waals surface area contributed by atoms with Crippen molar-refractivity contribution in [1.82, 2.24) is 0 Å². The summed E-state index contributed by atoms with van der Waals surface area (Å²) in [5.74, 6) is 0.828. The Balaban J connectivity index is 1.14. The van der Waals surface area contributed by atoms with Gasteiger partial charge in [-0.1, -0.05) is 116 Å². The van der Waals surface area contributed by atoms with Crippen LogP contribution in [0, 0.1) is 29.6 Å². The summed E-state index contributed by atoms with van der Waals surface area (Å²) in [6.07, 6.45) is 24.6. The third kappa shape index (κ3) is 8.36. The van der Waals surface area contributed by atoms with Crippen LogP contribution in [0.25, 0.3) is 11.8 Å². The third-order valence-corrected chi connectivity index (χ3v) is 13.5. The Morgan fingerprint density at radius 3 is 2.43 bits per heavy atom. The van der Waals surface area contributed by atoms with Gasteiger partial charge in [-0.3, -0.25) is 4.79 Å². The number of hydrogen-bond donors (Lipinski definition) is 4. The number of phenols is 1. The lowest BCUT2D eigenvalue weighted by atomic mass is 9.55. The fourth-order valence-electron chi connectivity index (χ4n) is 10.6. The number of aliphatic carboxylic acids is 1. The molecule has 3 aromatic carbocycles. The van der Waals surface area contributed by atoms with Crippen molar-refractivity contribution in [1.29, 1.82) is 0 Å². The number of carbonyl (C=O) groups is 1. The van der Waals surface area contributed by atoms with Crippen LogP contribution in [-0.4, -0.2) is 27.8 Å². The average molecular weight is 714 g/mol. The highest BCUT2D eigenvalue weighted by atomic mass is 16.4. The Morgan fingerprint density at radius 1 is 0.830 bits per heavy atom. The number of allylic oxidation sites excluding steroid dienone is 3. The molecule has 0 aromatic heterocycles. The standard InChI is InChI=1S/C48H59NO4/c49-27-25-34-19-18-33(28-34)10-3-1-2-4-12-36-13-6-8-17-45(47(52)53)48(26-24-39-31-38-14-5-7-16-42(38)46(51)44(39)32-48)40-15-9-11-35(29-40)30-43(36)37-20-22-41(50)23-21-37/h5-9,11,14-16,20-23,28-29,31,33,36,39,43-45,50-51H,1-4,10,12-13,17-19,24-27,30,32,49H2,(H,52,53)/t33-,36+,39-,43-,44+,45-,48+/m1/s1. The summed E-state index contributed by atoms with van der Waals surface area (Å²) in [6, 6.07) is 24.7. The lowest BCUT2D eigenvalue weighted by Gasteiger charge is -2.48. The quantitative estimate of drug-likeness (QED) is 0.117. The van der Waals surface area contributed by atoms with Gasteiger partial charge in [0.15, 0.2) is 0 Å². The predicted molar refractivity (Wildman–Crippen MR) is 215 cm³/mol. The van der Waals surface area contributed by atoms with E-state index in [1.165, 1.54) is 56.1 Å². The van der Waals surface area contributed by atoms with E-state index in [1.807, 2.05) is 30.3 Å². The Kier molecular flexibility index (Phi) is 11.9. The van der Waals surface area contributed by atoms with E-state index in [1.54, 1.807) is 5.57 Å². The lowest BCUT2D eigenvalue weighted by molar-refractivity contribution is -0.145. The zero-order valence-corrected chi connectivity index (χ0v) is 31.3. The molecular formula is C48H59NO4. The second-order valence-electron chi connectivity index (χ2n) is 16.7. The van der Waals surface area contributed by atoms with Crippen molar-refractivity contribution in [3.05, 3.63) is 124 Å². The summed E-state index contributed by atoms with van der Waals surface area (Å²) < 4.78 is 0. The number of benzene rings is 3. The Morgan fingerprint density at radius 2 is 1.62 bits per heavy atom. The molecule has 5 nitrogen and oxygen atoms in total. The maximum atomic E-state index is 13.3. The molecular weight excluding hydrogens is 655 g/mol. The first-order valence-corrected chi connectivity index (χ1v) is 20.5. The number of fused-ring (bicyclic) bond motifs is 5. The molecule has 0 heterocycles. The van der Waals surface area contributed by atoms with Crippen LogP contribution in [0.3, 0.4) is 0 Å². The molecule has 7 atom stereocenters. The molecule has 0 saturated heterocycles. The molecule has 0 radical (unpaired) electrons. The van der Waals surface area contributed by atoms with Crippen LogP contribution in [0.2, 0.25) is 0 Å². The number of carboxylic acid groups (broad SMARTS) is 1. The first-order chi connectivity index (χ1) is 25.8. The first-order valence-electron chi connectivity index (χ1n) is 20.5. The summed E-state index contributed by atoms with van der Waals surface area (Å²) in [7, 11) is 0. The van der Waals surface area contributed by atoms with E-state index in [9.17, 15) is 20.1 Å². The minimum absolute atomic E-state index is 0.113. The van der Waals surface area contributed by atoms with E-state index in [4.69, 9.17) is 5.73 Å². The van der Waals surface area contributed by atoms with Crippen LogP contribution in [0.1, 0.15) is 112 Å². The molecule has 3 aromatic rings. The van der Waals surface area contributed by atoms with Crippen LogP contribution < -0.4 is 16.2 Å². The SMILES string of the molecule is NCCC1=C[C@H](CCCCCC[C@H]2CC=CC[C@H](C(=O)O)[C@]3(CC[C@@H]4C=c5ccccc5=C(O)[C@H]4C3)c3cccc(c3)C[C@H]2c2ccc(O)cc2)CC1. The van der Waals surface area contributed by atoms with Crippen LogP contribution in [-0.2, 0) is 16.6 Å². The second-order valence-corrected chi connectivity index (χ2v) is 16.7. The minimum Gasteiger partial charge on any atom is -0.511 e. The number of rotatable bonds is 11. The highest BCUT2D eigenvalue weighted by Crippen LogP contribution is 2.53. The van der Waals surface area contributed by atoms with Gasteiger partial charge in [-0.2, -0.15) is 0 Å². The number of aliphatic hydroxyl groups is 1. The molecule has 4 aliphatic rings. The fraction of sp³-hybridized carbons (Fsp3) is 0.479. The summed E-state index contributed by atoms with van der Waals surface area (Å²) in [5, 5.41) is 34.8. The van der Waals surface area contributed by atoms with Gasteiger partial charge in [0, 0.05) is 16.6 Å². The van der Waals surface area contributed by atoms with Gasteiger partial charge in [0.05, 0.1) is 5.92 Å². The monoisotopic (exact) mass is 713 g/mol. The van der Waals surface area contributed by atoms with Crippen LogP contribution in [0.4, 0.5) is 0 Å². The van der Waals surface area contributed by atoms with Crippen molar-refractivity contribution in [2.75, 3.05) is 6.54 Å². The van der Waals surface area contributed by atoms with Gasteiger partial charge in [0.25, 0.3) is 0 Å². The second kappa shape index (κ2) is 16.9. The van der Waals surface area contributed by atoms with Crippen molar-refractivity contribution < 1.29 is 20.1 Å². The van der Waals surface area contributed by atoms with Crippen molar-refractivity contribution in [2.24, 2.45) is 35.3 Å². The third-order valence-electron chi connectivity index (χ3n) is 13.5. The molecule has 1 saturated carbocycles. The number of nitrogens with two attached hydrogens (primary N) is 1. The van der Waals surface area contributed by atoms with Crippen LogP contribution in [0.5, 0.6) is 5.75 Å². The molecule has 4 aliphatic carbocycles. The molecule has 1 fully saturated rings. The first kappa shape index (κ1) is 37.2. The van der Waals surface area contributed by atoms with Crippen LogP contribution >= 0.6 is 0 Å². The van der Waals surface area contributed by atoms with E-state index in [-0.39, 0.29) is 23.5 Å². The Labute approximate surface area is 316 Å². The number of hydrogen-bond acceptors (Lipinski definition) is 4. The predicted octanol–water partition coefficient (Wildman–Crippen LogP) is 9.23. The molecule has 5 N–H and O–H groups in total. The number of aromatic hydroxyl groups is 1. The van der Waals surface area contributed by atoms with Gasteiger partial charge in [-0.25, -0.2) is 0 Å². The minimum atomic E-state index is -0.752. The van der Waals surface area contributed by atoms with Gasteiger partial charge in [0.1, 0.15) is 11.5 Å². The number of unbranched alkanes of at least 4 members (excludes halogenated alkanes) is 3. The topological polar surface area (TPSA) is 104 Å². The highest BCUT2D eigenvalue weighted by molar-refractivity contribution is 5.73. The number of aliphatic hydroxyl groups excluding tert-OH is 1. The van der Waals surface area contributed by atoms with Crippen LogP contribution in [0.15, 0.2) is 96.6 Å². The van der Waals surface area contributed by atoms with E-state index in [0.717, 1.165) is 67.0 Å². The smallest absolute Gasteiger partial charge is 0.307 e. The summed E-state index contributed by atoms with van der Waals surface area (Å²) in [4.78, 5) is 13.3. The van der Waals surface area contributed by atoms with Gasteiger partial charge >= 0.3 is 5.97 Å². The van der Waals surface area contributed by atoms with Crippen molar-refractivity contribution in [3.8, 4) is 5.75 Å². The lowest BCUT2D eigenvalue weighted by Crippen LogP contribution is -2.48. The normalized spacial score (nSPS) is 28.2. The molecule has 280 valence electrons. The number of phenolic OH excluding ortho intramolecular Hbond substituents is 1. The van der Waals surface area contributed by atoms with Gasteiger partial charge in [-0.05, 0) is 135 Å². The zero-order valence-electron chi connectivity index (χ0n) is 31.3. The molecule has 53 heavy (non-hydrogen) atoms. The van der Waals surface area contributed by atoms with Crippen molar-refractivity contribution in [3.63, 3.8) is 0 Å². The zero-order chi connectivity index (χ0) is 36.8. The summed E-state index contributed by atoms with van der Waals surface area (Å²) in [6.45, 7) is 0.756. The van der Waals surface area contributed by atoms with E-state index in [2.05, 4.69) is 66.8 Å². The van der Waals surface area contributed by atoms with E-state index in [0.29, 0.717) is 24.5 Å². The molecule has 2 bridgehead atoms. The molecule has 5 heteroatoms. The van der Waals surface area contributed by atoms with Gasteiger partial charge in [0.2, 0.25) is 0 Å². The summed E-state index contributed by atoms with van der Waals surface area (Å²) in [5.41, 5.74) is 10.3. The fourth-order valence-corrected chi connectivity index (χ4v) is 10.6. The van der Waals surface area contributed by atoms with Crippen molar-refractivity contribution >= 4 is 17.8 Å². The largest absolute Gasteiger partial charge is 0.511 e.